The van der Waals surface area contributed by atoms with Crippen molar-refractivity contribution in [1.29, 1.82) is 0 Å². The molecule has 2 N–H and O–H groups in total. The highest BCUT2D eigenvalue weighted by molar-refractivity contribution is 6.30. The van der Waals surface area contributed by atoms with Gasteiger partial charge in [0.1, 0.15) is 0 Å². The van der Waals surface area contributed by atoms with Gasteiger partial charge in [-0.15, -0.1) is 0 Å². The molecule has 0 bridgehead atoms. The van der Waals surface area contributed by atoms with Crippen molar-refractivity contribution >= 4 is 23.3 Å². The number of amides is 2. The first-order valence-electron chi connectivity index (χ1n) is 6.46. The van der Waals surface area contributed by atoms with Crippen molar-refractivity contribution in [2.75, 3.05) is 25.1 Å². The summed E-state index contributed by atoms with van der Waals surface area (Å²) in [6.07, 6.45) is 0.801. The van der Waals surface area contributed by atoms with E-state index in [1.165, 1.54) is 0 Å². The third kappa shape index (κ3) is 7.70. The molecule has 0 unspecified atom stereocenters. The van der Waals surface area contributed by atoms with Crippen molar-refractivity contribution in [3.05, 3.63) is 29.3 Å². The predicted octanol–water partition coefficient (Wildman–Crippen LogP) is 3.52. The Morgan fingerprint density at radius 3 is 2.89 bits per heavy atom. The Hall–Kier alpha value is -1.26. The van der Waals surface area contributed by atoms with E-state index in [2.05, 4.69) is 24.5 Å². The van der Waals surface area contributed by atoms with Crippen molar-refractivity contribution < 1.29 is 9.53 Å². The van der Waals surface area contributed by atoms with Crippen molar-refractivity contribution in [2.24, 2.45) is 5.92 Å². The van der Waals surface area contributed by atoms with Gasteiger partial charge in [0.2, 0.25) is 0 Å². The third-order valence-electron chi connectivity index (χ3n) is 2.28. The molecule has 0 aliphatic heterocycles. The van der Waals surface area contributed by atoms with Crippen LogP contribution in [0.15, 0.2) is 24.3 Å². The quantitative estimate of drug-likeness (QED) is 0.753. The number of carbonyl (C=O) groups is 1. The minimum absolute atomic E-state index is 0.230. The van der Waals surface area contributed by atoms with E-state index in [1.807, 2.05) is 0 Å². The molecule has 1 aromatic carbocycles. The van der Waals surface area contributed by atoms with E-state index in [0.29, 0.717) is 29.8 Å². The lowest BCUT2D eigenvalue weighted by Gasteiger charge is -2.09. The Kier molecular flexibility index (Phi) is 7.30. The average Bonchev–Trinajstić information content (AvgIpc) is 2.33. The number of hydrogen-bond donors (Lipinski definition) is 2. The van der Waals surface area contributed by atoms with Crippen LogP contribution in [0.25, 0.3) is 0 Å². The van der Waals surface area contributed by atoms with Gasteiger partial charge in [0.25, 0.3) is 0 Å². The van der Waals surface area contributed by atoms with E-state index in [1.54, 1.807) is 24.3 Å². The number of anilines is 1. The molecule has 106 valence electrons. The first-order chi connectivity index (χ1) is 9.08. The van der Waals surface area contributed by atoms with Gasteiger partial charge in [-0.2, -0.15) is 0 Å². The second kappa shape index (κ2) is 8.77. The van der Waals surface area contributed by atoms with E-state index in [4.69, 9.17) is 16.3 Å². The number of urea groups is 1. The molecule has 0 aromatic heterocycles. The lowest BCUT2D eigenvalue weighted by Crippen LogP contribution is -2.30. The van der Waals surface area contributed by atoms with Crippen molar-refractivity contribution in [2.45, 2.75) is 20.3 Å². The highest BCUT2D eigenvalue weighted by Gasteiger charge is 2.01. The van der Waals surface area contributed by atoms with Crippen LogP contribution in [-0.4, -0.2) is 25.8 Å². The molecule has 1 rings (SSSR count). The van der Waals surface area contributed by atoms with Gasteiger partial charge in [-0.25, -0.2) is 4.79 Å². The van der Waals surface area contributed by atoms with Crippen LogP contribution in [0.3, 0.4) is 0 Å². The fraction of sp³-hybridized carbons (Fsp3) is 0.500. The minimum Gasteiger partial charge on any atom is -0.381 e. The van der Waals surface area contributed by atoms with Gasteiger partial charge in [0.05, 0.1) is 0 Å². The molecule has 2 amide bonds. The molecule has 1 aromatic rings. The number of benzene rings is 1. The Morgan fingerprint density at radius 2 is 2.21 bits per heavy atom. The van der Waals surface area contributed by atoms with Gasteiger partial charge in [-0.1, -0.05) is 31.5 Å². The summed E-state index contributed by atoms with van der Waals surface area (Å²) in [7, 11) is 0. The summed E-state index contributed by atoms with van der Waals surface area (Å²) in [4.78, 5) is 11.6. The van der Waals surface area contributed by atoms with Gasteiger partial charge in [-0.05, 0) is 30.5 Å². The summed E-state index contributed by atoms with van der Waals surface area (Å²) in [6.45, 7) is 6.22. The van der Waals surface area contributed by atoms with Gasteiger partial charge < -0.3 is 15.4 Å². The second-order valence-electron chi connectivity index (χ2n) is 4.71. The predicted molar refractivity (Wildman–Crippen MR) is 78.7 cm³/mol. The molecular formula is C14H21ClN2O2. The maximum absolute atomic E-state index is 11.6. The molecule has 0 fully saturated rings. The van der Waals surface area contributed by atoms with E-state index in [9.17, 15) is 4.79 Å². The normalized spacial score (nSPS) is 10.5. The van der Waals surface area contributed by atoms with Crippen LogP contribution in [0.1, 0.15) is 20.3 Å². The second-order valence-corrected chi connectivity index (χ2v) is 5.15. The number of rotatable bonds is 7. The molecule has 0 radical (unpaired) electrons. The zero-order chi connectivity index (χ0) is 14.1. The molecule has 0 aliphatic rings. The number of hydrogen-bond acceptors (Lipinski definition) is 2. The molecule has 0 heterocycles. The lowest BCUT2D eigenvalue weighted by atomic mass is 10.2. The Bertz CT molecular complexity index is 397. The third-order valence-corrected chi connectivity index (χ3v) is 2.52. The number of nitrogens with one attached hydrogen (secondary N) is 2. The smallest absolute Gasteiger partial charge is 0.319 e. The largest absolute Gasteiger partial charge is 0.381 e. The number of carbonyl (C=O) groups excluding carboxylic acids is 1. The molecule has 5 heteroatoms. The minimum atomic E-state index is -0.230. The number of ether oxygens (including phenoxy) is 1. The molecule has 0 saturated carbocycles. The highest BCUT2D eigenvalue weighted by atomic mass is 35.5. The van der Waals surface area contributed by atoms with E-state index in [0.717, 1.165) is 13.0 Å². The van der Waals surface area contributed by atoms with Gasteiger partial charge >= 0.3 is 6.03 Å². The Balaban J connectivity index is 2.11. The molecule has 19 heavy (non-hydrogen) atoms. The zero-order valence-electron chi connectivity index (χ0n) is 11.4. The first-order valence-corrected chi connectivity index (χ1v) is 6.84. The van der Waals surface area contributed by atoms with Gasteiger partial charge in [-0.3, -0.25) is 0 Å². The summed E-state index contributed by atoms with van der Waals surface area (Å²) in [5.41, 5.74) is 0.682. The zero-order valence-corrected chi connectivity index (χ0v) is 12.2. The van der Waals surface area contributed by atoms with Crippen LogP contribution in [0, 0.1) is 5.92 Å². The van der Waals surface area contributed by atoms with Crippen LogP contribution in [0.5, 0.6) is 0 Å². The molecule has 0 spiro atoms. The fourth-order valence-corrected chi connectivity index (χ4v) is 1.63. The topological polar surface area (TPSA) is 50.4 Å². The molecule has 0 aliphatic carbocycles. The van der Waals surface area contributed by atoms with E-state index < -0.39 is 0 Å². The monoisotopic (exact) mass is 284 g/mol. The van der Waals surface area contributed by atoms with Crippen LogP contribution in [0.2, 0.25) is 5.02 Å². The summed E-state index contributed by atoms with van der Waals surface area (Å²) < 4.78 is 5.42. The summed E-state index contributed by atoms with van der Waals surface area (Å²) >= 11 is 5.83. The average molecular weight is 285 g/mol. The van der Waals surface area contributed by atoms with Crippen molar-refractivity contribution in [1.82, 2.24) is 5.32 Å². The molecule has 0 atom stereocenters. The summed E-state index contributed by atoms with van der Waals surface area (Å²) in [5.74, 6) is 0.541. The van der Waals surface area contributed by atoms with Gasteiger partial charge in [0, 0.05) is 30.5 Å². The molecule has 4 nitrogen and oxygen atoms in total. The fourth-order valence-electron chi connectivity index (χ4n) is 1.44. The highest BCUT2D eigenvalue weighted by Crippen LogP contribution is 2.14. The Morgan fingerprint density at radius 1 is 1.42 bits per heavy atom. The van der Waals surface area contributed by atoms with Crippen LogP contribution in [0.4, 0.5) is 10.5 Å². The van der Waals surface area contributed by atoms with E-state index >= 15 is 0 Å². The number of halogens is 1. The van der Waals surface area contributed by atoms with Gasteiger partial charge in [0.15, 0.2) is 0 Å². The van der Waals surface area contributed by atoms with Crippen LogP contribution < -0.4 is 10.6 Å². The summed E-state index contributed by atoms with van der Waals surface area (Å²) in [5, 5.41) is 6.08. The van der Waals surface area contributed by atoms with Crippen LogP contribution in [-0.2, 0) is 4.74 Å². The maximum atomic E-state index is 11.6. The van der Waals surface area contributed by atoms with Crippen molar-refractivity contribution in [3.8, 4) is 0 Å². The molecule has 0 saturated heterocycles. The first kappa shape index (κ1) is 15.8. The molecular weight excluding hydrogens is 264 g/mol. The summed E-state index contributed by atoms with van der Waals surface area (Å²) in [6, 6.07) is 6.81. The Labute approximate surface area is 119 Å². The van der Waals surface area contributed by atoms with E-state index in [-0.39, 0.29) is 6.03 Å². The maximum Gasteiger partial charge on any atom is 0.319 e. The van der Waals surface area contributed by atoms with Crippen molar-refractivity contribution in [3.63, 3.8) is 0 Å². The lowest BCUT2D eigenvalue weighted by molar-refractivity contribution is 0.108. The van der Waals surface area contributed by atoms with Crippen LogP contribution >= 0.6 is 11.6 Å². The standard InChI is InChI=1S/C14H21ClN2O2/c1-11(2)10-19-8-4-7-16-14(18)17-13-6-3-5-12(15)9-13/h3,5-6,9,11H,4,7-8,10H2,1-2H3,(H2,16,17,18). The SMILES string of the molecule is CC(C)COCCCNC(=O)Nc1cccc(Cl)c1.